The fourth-order valence-corrected chi connectivity index (χ4v) is 2.36. The van der Waals surface area contributed by atoms with Crippen LogP contribution in [0.1, 0.15) is 85.0 Å². The van der Waals surface area contributed by atoms with Crippen molar-refractivity contribution in [2.24, 2.45) is 11.7 Å². The van der Waals surface area contributed by atoms with Crippen LogP contribution < -0.4 is 5.73 Å². The largest absolute Gasteiger partial charge is 0.345 e. The van der Waals surface area contributed by atoms with Gasteiger partial charge < -0.3 is 10.6 Å². The van der Waals surface area contributed by atoms with E-state index in [0.717, 1.165) is 38.0 Å². The number of nitrogens with two attached hydrogens (primary N) is 1. The molecule has 2 aliphatic rings. The van der Waals surface area contributed by atoms with Crippen LogP contribution in [0.3, 0.4) is 0 Å². The van der Waals surface area contributed by atoms with Crippen molar-refractivity contribution in [1.29, 1.82) is 0 Å². The smallest absolute Gasteiger partial charge is 0.251 e. The van der Waals surface area contributed by atoms with Crippen molar-refractivity contribution in [3.63, 3.8) is 0 Å². The average Bonchev–Trinajstić information content (AvgIpc) is 3.18. The number of likely N-dealkylation sites (tertiary alicyclic amines) is 1. The molecule has 1 unspecified atom stereocenters. The van der Waals surface area contributed by atoms with Crippen LogP contribution >= 0.6 is 0 Å². The van der Waals surface area contributed by atoms with Crippen molar-refractivity contribution in [2.45, 2.75) is 93.5 Å². The molecular weight excluding hydrogens is 374 g/mol. The first-order valence-corrected chi connectivity index (χ1v) is 11.0. The van der Waals surface area contributed by atoms with Crippen molar-refractivity contribution in [3.05, 3.63) is 17.5 Å². The number of carbonyl (C=O) groups is 1. The highest BCUT2D eigenvalue weighted by Gasteiger charge is 2.53. The van der Waals surface area contributed by atoms with Crippen LogP contribution in [-0.4, -0.2) is 47.2 Å². The maximum absolute atomic E-state index is 11.5. The molecule has 2 fully saturated rings. The zero-order valence-corrected chi connectivity index (χ0v) is 20.4. The minimum Gasteiger partial charge on any atom is -0.345 e. The first kappa shape index (κ1) is 32.2. The van der Waals surface area contributed by atoms with Crippen LogP contribution in [0.5, 0.6) is 0 Å². The second-order valence-corrected chi connectivity index (χ2v) is 6.12. The summed E-state index contributed by atoms with van der Waals surface area (Å²) in [5, 5.41) is 4.49. The van der Waals surface area contributed by atoms with Crippen LogP contribution in [-0.2, 0) is 4.79 Å². The number of piperidine rings is 1. The SMILES string of the molecule is CC.CC.CC.CC1CC1(F)F.CN.Cc1cn(C2CCN(C=O)CC2)nc1C. The molecule has 1 amide bonds. The molecule has 29 heavy (non-hydrogen) atoms. The number of hydrogen-bond donors (Lipinski definition) is 1. The molecule has 1 saturated carbocycles. The molecule has 1 saturated heterocycles. The van der Waals surface area contributed by atoms with E-state index in [2.05, 4.69) is 28.6 Å². The number of rotatable bonds is 2. The monoisotopic (exact) mass is 420 g/mol. The molecular formula is C22H46F2N4O. The Morgan fingerprint density at radius 3 is 1.69 bits per heavy atom. The van der Waals surface area contributed by atoms with E-state index in [0.29, 0.717) is 6.04 Å². The van der Waals surface area contributed by atoms with Gasteiger partial charge in [0.2, 0.25) is 6.41 Å². The third-order valence-electron chi connectivity index (χ3n) is 4.32. The number of aryl methyl sites for hydroxylation is 2. The Morgan fingerprint density at radius 1 is 1.07 bits per heavy atom. The van der Waals surface area contributed by atoms with Gasteiger partial charge in [-0.1, -0.05) is 48.5 Å². The predicted octanol–water partition coefficient (Wildman–Crippen LogP) is 5.61. The Balaban J connectivity index is -0.000000403. The van der Waals surface area contributed by atoms with Gasteiger partial charge in [-0.25, -0.2) is 8.78 Å². The number of alkyl halides is 2. The second-order valence-electron chi connectivity index (χ2n) is 6.12. The Hall–Kier alpha value is -1.50. The molecule has 1 atom stereocenters. The topological polar surface area (TPSA) is 64.2 Å². The molecule has 0 bridgehead atoms. The third kappa shape index (κ3) is 12.6. The molecule has 7 heteroatoms. The average molecular weight is 421 g/mol. The normalized spacial score (nSPS) is 18.4. The lowest BCUT2D eigenvalue weighted by molar-refractivity contribution is -0.119. The minimum atomic E-state index is -2.29. The molecule has 3 rings (SSSR count). The van der Waals surface area contributed by atoms with Gasteiger partial charge in [0.25, 0.3) is 5.92 Å². The fraction of sp³-hybridized carbons (Fsp3) is 0.818. The van der Waals surface area contributed by atoms with Gasteiger partial charge in [0.1, 0.15) is 0 Å². The summed E-state index contributed by atoms with van der Waals surface area (Å²) < 4.78 is 25.1. The van der Waals surface area contributed by atoms with Crippen LogP contribution in [0.15, 0.2) is 6.20 Å². The van der Waals surface area contributed by atoms with Crippen molar-refractivity contribution < 1.29 is 13.6 Å². The third-order valence-corrected chi connectivity index (χ3v) is 4.32. The van der Waals surface area contributed by atoms with Crippen LogP contribution in [0.4, 0.5) is 8.78 Å². The Bertz CT molecular complexity index is 480. The van der Waals surface area contributed by atoms with Gasteiger partial charge in [0, 0.05) is 31.6 Å². The lowest BCUT2D eigenvalue weighted by atomic mass is 10.1. The van der Waals surface area contributed by atoms with Crippen LogP contribution in [0.2, 0.25) is 0 Å². The highest BCUT2D eigenvalue weighted by Crippen LogP contribution is 2.47. The van der Waals surface area contributed by atoms with Crippen LogP contribution in [0.25, 0.3) is 0 Å². The summed E-state index contributed by atoms with van der Waals surface area (Å²) in [6.45, 7) is 19.4. The molecule has 0 radical (unpaired) electrons. The molecule has 0 spiro atoms. The van der Waals surface area contributed by atoms with E-state index in [1.165, 1.54) is 12.6 Å². The molecule has 5 nitrogen and oxygen atoms in total. The van der Waals surface area contributed by atoms with Crippen molar-refractivity contribution in [1.82, 2.24) is 14.7 Å². The summed E-state index contributed by atoms with van der Waals surface area (Å²) in [6, 6.07) is 0.466. The number of aromatic nitrogens is 2. The van der Waals surface area contributed by atoms with Crippen molar-refractivity contribution in [2.75, 3.05) is 20.1 Å². The van der Waals surface area contributed by atoms with Crippen molar-refractivity contribution in [3.8, 4) is 0 Å². The molecule has 1 aliphatic heterocycles. The Morgan fingerprint density at radius 2 is 1.45 bits per heavy atom. The fourth-order valence-electron chi connectivity index (χ4n) is 2.36. The molecule has 174 valence electrons. The van der Waals surface area contributed by atoms with Gasteiger partial charge in [0.15, 0.2) is 0 Å². The van der Waals surface area contributed by atoms with E-state index in [1.54, 1.807) is 6.92 Å². The van der Waals surface area contributed by atoms with E-state index < -0.39 is 5.92 Å². The summed E-state index contributed by atoms with van der Waals surface area (Å²) >= 11 is 0. The summed E-state index contributed by atoms with van der Waals surface area (Å²) in [6.07, 6.45) is 5.18. The predicted molar refractivity (Wildman–Crippen MR) is 120 cm³/mol. The van der Waals surface area contributed by atoms with Gasteiger partial charge in [0.05, 0.1) is 11.7 Å². The van der Waals surface area contributed by atoms with Gasteiger partial charge in [-0.05, 0) is 39.3 Å². The zero-order valence-electron chi connectivity index (χ0n) is 20.4. The number of nitrogens with zero attached hydrogens (tertiary/aromatic N) is 3. The van der Waals surface area contributed by atoms with Gasteiger partial charge >= 0.3 is 0 Å². The number of hydrogen-bond acceptors (Lipinski definition) is 3. The van der Waals surface area contributed by atoms with Gasteiger partial charge in [-0.2, -0.15) is 5.10 Å². The van der Waals surface area contributed by atoms with E-state index in [4.69, 9.17) is 0 Å². The lowest BCUT2D eigenvalue weighted by Gasteiger charge is -2.29. The lowest BCUT2D eigenvalue weighted by Crippen LogP contribution is -2.33. The highest BCUT2D eigenvalue weighted by molar-refractivity contribution is 5.47. The summed E-state index contributed by atoms with van der Waals surface area (Å²) in [5.74, 6) is -2.63. The molecule has 2 heterocycles. The molecule has 1 aromatic rings. The van der Waals surface area contributed by atoms with E-state index in [1.807, 2.05) is 53.4 Å². The van der Waals surface area contributed by atoms with E-state index in [-0.39, 0.29) is 12.3 Å². The minimum absolute atomic E-state index is 0.104. The van der Waals surface area contributed by atoms with Gasteiger partial charge in [-0.3, -0.25) is 9.48 Å². The molecule has 0 aromatic carbocycles. The Labute approximate surface area is 178 Å². The number of halogens is 2. The van der Waals surface area contributed by atoms with E-state index >= 15 is 0 Å². The first-order chi connectivity index (χ1) is 13.8. The standard InChI is InChI=1S/C11H17N3O.C4H6F2.3C2H6.CH5N/c1-9-7-14(12-10(9)2)11-3-5-13(8-15)6-4-11;1-3-2-4(3,5)6;4*1-2/h7-8,11H,3-6H2,1-2H3;3H,2H2,1H3;3*1-2H3;2H2,1H3. The van der Waals surface area contributed by atoms with E-state index in [9.17, 15) is 13.6 Å². The highest BCUT2D eigenvalue weighted by atomic mass is 19.3. The second kappa shape index (κ2) is 18.5. The number of carbonyl (C=O) groups excluding carboxylic acids is 1. The summed E-state index contributed by atoms with van der Waals surface area (Å²) in [7, 11) is 1.50. The maximum Gasteiger partial charge on any atom is 0.251 e. The summed E-state index contributed by atoms with van der Waals surface area (Å²) in [4.78, 5) is 12.4. The zero-order chi connectivity index (χ0) is 23.6. The first-order valence-electron chi connectivity index (χ1n) is 11.0. The Kier molecular flexibility index (Phi) is 20.6. The summed E-state index contributed by atoms with van der Waals surface area (Å²) in [5.41, 5.74) is 6.85. The quantitative estimate of drug-likeness (QED) is 0.633. The maximum atomic E-state index is 11.5. The number of amides is 1. The van der Waals surface area contributed by atoms with Crippen LogP contribution in [0, 0.1) is 19.8 Å². The van der Waals surface area contributed by atoms with Gasteiger partial charge in [-0.15, -0.1) is 0 Å². The molecule has 1 aliphatic carbocycles. The molecule has 2 N–H and O–H groups in total. The van der Waals surface area contributed by atoms with Crippen molar-refractivity contribution >= 4 is 6.41 Å². The molecule has 1 aromatic heterocycles.